The Labute approximate surface area is 197 Å². The summed E-state index contributed by atoms with van der Waals surface area (Å²) in [6.45, 7) is 17.5. The first kappa shape index (κ1) is 26.2. The van der Waals surface area contributed by atoms with E-state index >= 15 is 0 Å². The fraction of sp³-hybridized carbons (Fsp3) is 0.773. The number of ether oxygens (including phenoxy) is 1. The van der Waals surface area contributed by atoms with Crippen LogP contribution < -0.4 is 11.2 Å². The Morgan fingerprint density at radius 1 is 0.970 bits per heavy atom. The van der Waals surface area contributed by atoms with E-state index in [1.807, 2.05) is 0 Å². The molecular formula is C22H38N2O7Si2. The van der Waals surface area contributed by atoms with Gasteiger partial charge in [-0.15, -0.1) is 0 Å². The maximum Gasteiger partial charge on any atom is 0.335 e. The lowest BCUT2D eigenvalue weighted by Gasteiger charge is -2.51. The number of carbonyl (C=O) groups excluding carboxylic acids is 1. The largest absolute Gasteiger partial charge is 0.414 e. The third kappa shape index (κ3) is 4.63. The van der Waals surface area contributed by atoms with Crippen LogP contribution in [-0.2, 0) is 17.7 Å². The second kappa shape index (κ2) is 9.70. The van der Waals surface area contributed by atoms with Gasteiger partial charge in [-0.1, -0.05) is 55.4 Å². The molecule has 3 rings (SSSR count). The molecule has 0 radical (unpaired) electrons. The SMILES string of the molecule is CC(C)[Si]1(C(C)C)OC[C@H]2O[C@@H](n3c(C=O)cc(=O)[nH]c3=O)C[C@@H]2O[Si](C(C)C)(C(C)C)O1. The molecule has 0 aliphatic carbocycles. The number of hydrogen-bond donors (Lipinski definition) is 1. The lowest BCUT2D eigenvalue weighted by molar-refractivity contribution is -0.0568. The van der Waals surface area contributed by atoms with Gasteiger partial charge in [-0.25, -0.2) is 4.79 Å². The summed E-state index contributed by atoms with van der Waals surface area (Å²) in [5, 5.41) is 0. The van der Waals surface area contributed by atoms with Crippen LogP contribution in [0.2, 0.25) is 22.2 Å². The monoisotopic (exact) mass is 498 g/mol. The van der Waals surface area contributed by atoms with Crippen LogP contribution >= 0.6 is 0 Å². The molecule has 3 atom stereocenters. The normalized spacial score (nSPS) is 27.1. The van der Waals surface area contributed by atoms with Crippen LogP contribution in [0.3, 0.4) is 0 Å². The zero-order valence-electron chi connectivity index (χ0n) is 20.9. The van der Waals surface area contributed by atoms with E-state index in [0.717, 1.165) is 6.07 Å². The van der Waals surface area contributed by atoms with E-state index in [1.165, 1.54) is 4.57 Å². The van der Waals surface area contributed by atoms with E-state index in [0.29, 0.717) is 19.3 Å². The zero-order valence-corrected chi connectivity index (χ0v) is 22.9. The van der Waals surface area contributed by atoms with E-state index in [-0.39, 0.29) is 34.0 Å². The maximum absolute atomic E-state index is 12.6. The third-order valence-electron chi connectivity index (χ3n) is 6.94. The smallest absolute Gasteiger partial charge is 0.335 e. The standard InChI is InChI=1S/C22H38N2O7Si2/c1-13(2)32(14(3)4)28-12-19-18(30-33(31-32,15(5)6)16(7)8)10-21(29-19)24-17(11-25)9-20(26)23-22(24)27/h9,11,13-16,18-19,21H,10,12H2,1-8H3,(H,23,26,27)/t18-,19+,21+/m0/s1. The van der Waals surface area contributed by atoms with Crippen LogP contribution in [0.1, 0.15) is 78.5 Å². The van der Waals surface area contributed by atoms with E-state index in [4.69, 9.17) is 17.7 Å². The van der Waals surface area contributed by atoms with Gasteiger partial charge in [0.2, 0.25) is 0 Å². The van der Waals surface area contributed by atoms with E-state index in [2.05, 4.69) is 60.4 Å². The topological polar surface area (TPSA) is 109 Å². The van der Waals surface area contributed by atoms with Crippen molar-refractivity contribution in [3.63, 3.8) is 0 Å². The van der Waals surface area contributed by atoms with Crippen LogP contribution in [0.4, 0.5) is 0 Å². The molecule has 3 heterocycles. The van der Waals surface area contributed by atoms with Crippen molar-refractivity contribution in [3.05, 3.63) is 32.6 Å². The number of nitrogens with zero attached hydrogens (tertiary/aromatic N) is 1. The molecule has 1 N–H and O–H groups in total. The minimum absolute atomic E-state index is 0.0236. The van der Waals surface area contributed by atoms with Crippen molar-refractivity contribution >= 4 is 23.4 Å². The molecule has 0 spiro atoms. The fourth-order valence-corrected chi connectivity index (χ4v) is 16.4. The highest BCUT2D eigenvalue weighted by atomic mass is 28.5. The number of H-pyrrole nitrogens is 1. The lowest BCUT2D eigenvalue weighted by atomic mass is 10.2. The lowest BCUT2D eigenvalue weighted by Crippen LogP contribution is -2.65. The van der Waals surface area contributed by atoms with Crippen LogP contribution in [0, 0.1) is 0 Å². The number of rotatable bonds is 6. The molecule has 2 aliphatic rings. The molecule has 2 fully saturated rings. The molecule has 1 aromatic rings. The number of nitrogens with one attached hydrogen (secondary N) is 1. The van der Waals surface area contributed by atoms with Gasteiger partial charge in [0.05, 0.1) is 18.4 Å². The van der Waals surface area contributed by atoms with Crippen molar-refractivity contribution in [2.75, 3.05) is 6.61 Å². The number of hydrogen-bond acceptors (Lipinski definition) is 7. The van der Waals surface area contributed by atoms with Gasteiger partial charge in [0.1, 0.15) is 12.3 Å². The van der Waals surface area contributed by atoms with Gasteiger partial charge < -0.3 is 17.7 Å². The molecule has 2 saturated heterocycles. The number of aromatic amines is 1. The van der Waals surface area contributed by atoms with E-state index in [9.17, 15) is 14.4 Å². The number of fused-ring (bicyclic) bond motifs is 1. The Bertz CT molecular complexity index is 956. The van der Waals surface area contributed by atoms with Crippen LogP contribution in [0.25, 0.3) is 0 Å². The first-order valence-electron chi connectivity index (χ1n) is 11.9. The molecular weight excluding hydrogens is 460 g/mol. The highest BCUT2D eigenvalue weighted by Crippen LogP contribution is 2.48. The Morgan fingerprint density at radius 2 is 1.55 bits per heavy atom. The average molecular weight is 499 g/mol. The van der Waals surface area contributed by atoms with Crippen LogP contribution in [-0.4, -0.2) is 51.8 Å². The van der Waals surface area contributed by atoms with Gasteiger partial charge in [-0.05, 0) is 22.2 Å². The predicted molar refractivity (Wildman–Crippen MR) is 129 cm³/mol. The Hall–Kier alpha value is -1.38. The number of aldehydes is 1. The number of carbonyl (C=O) groups is 1. The predicted octanol–water partition coefficient (Wildman–Crippen LogP) is 3.59. The summed E-state index contributed by atoms with van der Waals surface area (Å²) >= 11 is 0. The molecule has 186 valence electrons. The molecule has 9 nitrogen and oxygen atoms in total. The fourth-order valence-electron chi connectivity index (χ4n) is 5.21. The Kier molecular flexibility index (Phi) is 7.71. The molecule has 0 unspecified atom stereocenters. The Morgan fingerprint density at radius 3 is 2.06 bits per heavy atom. The minimum atomic E-state index is -2.80. The highest BCUT2D eigenvalue weighted by Gasteiger charge is 2.60. The second-order valence-corrected chi connectivity index (χ2v) is 19.2. The quantitative estimate of drug-likeness (QED) is 0.471. The molecule has 1 aromatic heterocycles. The van der Waals surface area contributed by atoms with Crippen molar-refractivity contribution < 1.29 is 22.5 Å². The summed E-state index contributed by atoms with van der Waals surface area (Å²) < 4.78 is 28.3. The highest BCUT2D eigenvalue weighted by molar-refractivity contribution is 6.83. The minimum Gasteiger partial charge on any atom is -0.414 e. The van der Waals surface area contributed by atoms with Gasteiger partial charge in [0, 0.05) is 12.5 Å². The van der Waals surface area contributed by atoms with Gasteiger partial charge in [0.25, 0.3) is 5.56 Å². The molecule has 0 amide bonds. The summed E-state index contributed by atoms with van der Waals surface area (Å²) in [6, 6.07) is 1.11. The molecule has 0 saturated carbocycles. The van der Waals surface area contributed by atoms with Crippen molar-refractivity contribution in [1.29, 1.82) is 0 Å². The summed E-state index contributed by atoms with van der Waals surface area (Å²) in [4.78, 5) is 38.1. The summed E-state index contributed by atoms with van der Waals surface area (Å²) in [5.74, 6) is 0. The molecule has 11 heteroatoms. The first-order chi connectivity index (χ1) is 15.4. The molecule has 0 bridgehead atoms. The average Bonchev–Trinajstić information content (AvgIpc) is 3.07. The van der Waals surface area contributed by atoms with Gasteiger partial charge in [0.15, 0.2) is 6.29 Å². The van der Waals surface area contributed by atoms with Crippen LogP contribution in [0.15, 0.2) is 15.7 Å². The molecule has 2 aliphatic heterocycles. The van der Waals surface area contributed by atoms with Crippen LogP contribution in [0.5, 0.6) is 0 Å². The van der Waals surface area contributed by atoms with E-state index < -0.39 is 40.7 Å². The van der Waals surface area contributed by atoms with Crippen molar-refractivity contribution in [2.24, 2.45) is 0 Å². The Balaban J connectivity index is 2.07. The van der Waals surface area contributed by atoms with Gasteiger partial charge in [-0.2, -0.15) is 0 Å². The second-order valence-electron chi connectivity index (χ2n) is 10.3. The van der Waals surface area contributed by atoms with Crippen molar-refractivity contribution in [2.45, 2.75) is 102 Å². The zero-order chi connectivity index (χ0) is 24.7. The van der Waals surface area contributed by atoms with Gasteiger partial charge >= 0.3 is 22.8 Å². The van der Waals surface area contributed by atoms with Crippen molar-refractivity contribution in [1.82, 2.24) is 9.55 Å². The summed E-state index contributed by atoms with van der Waals surface area (Å²) in [6.07, 6.45) is -0.651. The first-order valence-corrected chi connectivity index (χ1v) is 15.8. The molecule has 33 heavy (non-hydrogen) atoms. The van der Waals surface area contributed by atoms with E-state index in [1.54, 1.807) is 0 Å². The third-order valence-corrected chi connectivity index (χ3v) is 17.2. The maximum atomic E-state index is 12.6. The van der Waals surface area contributed by atoms with Gasteiger partial charge in [-0.3, -0.25) is 19.1 Å². The molecule has 0 aromatic carbocycles. The summed E-state index contributed by atoms with van der Waals surface area (Å²) in [5.41, 5.74) is -0.555. The number of aromatic nitrogens is 2. The van der Waals surface area contributed by atoms with Crippen molar-refractivity contribution in [3.8, 4) is 0 Å². The summed E-state index contributed by atoms with van der Waals surface area (Å²) in [7, 11) is -5.49.